The van der Waals surface area contributed by atoms with Crippen LogP contribution in [0.25, 0.3) is 32.9 Å². The van der Waals surface area contributed by atoms with Crippen molar-refractivity contribution >= 4 is 27.7 Å². The minimum atomic E-state index is -0.470. The number of aryl methyl sites for hydroxylation is 2. The highest BCUT2D eigenvalue weighted by molar-refractivity contribution is 6.17. The molecule has 4 aromatic rings. The summed E-state index contributed by atoms with van der Waals surface area (Å²) in [6.07, 6.45) is 2.37. The molecule has 0 aliphatic heterocycles. The Morgan fingerprint density at radius 3 is 2.68 bits per heavy atom. The van der Waals surface area contributed by atoms with E-state index < -0.39 is 5.91 Å². The van der Waals surface area contributed by atoms with E-state index in [2.05, 4.69) is 15.8 Å². The lowest BCUT2D eigenvalue weighted by Gasteiger charge is -2.11. The quantitative estimate of drug-likeness (QED) is 0.556. The van der Waals surface area contributed by atoms with Crippen LogP contribution in [0.4, 0.5) is 0 Å². The van der Waals surface area contributed by atoms with Crippen LogP contribution in [-0.4, -0.2) is 20.7 Å². The summed E-state index contributed by atoms with van der Waals surface area (Å²) in [6, 6.07) is 9.24. The van der Waals surface area contributed by atoms with Crippen molar-refractivity contribution in [2.24, 2.45) is 11.7 Å². The van der Waals surface area contributed by atoms with Crippen LogP contribution < -0.4 is 5.73 Å². The van der Waals surface area contributed by atoms with Gasteiger partial charge in [-0.2, -0.15) is 0 Å². The largest absolute Gasteiger partial charge is 0.508 e. The predicted molar refractivity (Wildman–Crippen MR) is 107 cm³/mol. The number of amides is 1. The Balaban J connectivity index is 1.91. The average Bonchev–Trinajstić information content (AvgIpc) is 3.35. The second kappa shape index (κ2) is 5.86. The van der Waals surface area contributed by atoms with Gasteiger partial charge in [0, 0.05) is 28.9 Å². The molecule has 3 N–H and O–H groups in total. The van der Waals surface area contributed by atoms with Gasteiger partial charge in [0.2, 0.25) is 0 Å². The lowest BCUT2D eigenvalue weighted by atomic mass is 9.98. The highest BCUT2D eigenvalue weighted by Crippen LogP contribution is 2.40. The van der Waals surface area contributed by atoms with Gasteiger partial charge in [-0.1, -0.05) is 5.16 Å². The minimum Gasteiger partial charge on any atom is -0.508 e. The van der Waals surface area contributed by atoms with E-state index in [9.17, 15) is 9.90 Å². The summed E-state index contributed by atoms with van der Waals surface area (Å²) >= 11 is 0. The molecule has 6 nitrogen and oxygen atoms in total. The number of hydrogen-bond donors (Lipinski definition) is 2. The van der Waals surface area contributed by atoms with Crippen molar-refractivity contribution in [1.82, 2.24) is 9.72 Å². The van der Waals surface area contributed by atoms with Gasteiger partial charge in [-0.05, 0) is 62.4 Å². The Hall–Kier alpha value is -3.28. The van der Waals surface area contributed by atoms with Gasteiger partial charge in [-0.15, -0.1) is 0 Å². The lowest BCUT2D eigenvalue weighted by molar-refractivity contribution is 0.100. The van der Waals surface area contributed by atoms with Gasteiger partial charge >= 0.3 is 0 Å². The van der Waals surface area contributed by atoms with Crippen molar-refractivity contribution in [2.75, 3.05) is 0 Å². The van der Waals surface area contributed by atoms with E-state index in [0.717, 1.165) is 45.2 Å². The smallest absolute Gasteiger partial charge is 0.250 e. The van der Waals surface area contributed by atoms with E-state index in [1.807, 2.05) is 26.0 Å². The molecule has 0 unspecified atom stereocenters. The van der Waals surface area contributed by atoms with Crippen LogP contribution in [-0.2, 0) is 6.54 Å². The molecule has 5 rings (SSSR count). The number of carbonyl (C=O) groups is 1. The van der Waals surface area contributed by atoms with E-state index >= 15 is 0 Å². The highest BCUT2D eigenvalue weighted by Gasteiger charge is 2.26. The molecule has 0 saturated heterocycles. The summed E-state index contributed by atoms with van der Waals surface area (Å²) in [5.74, 6) is 1.04. The summed E-state index contributed by atoms with van der Waals surface area (Å²) in [7, 11) is 0. The normalized spacial score (nSPS) is 14.2. The number of nitrogens with two attached hydrogens (primary N) is 1. The van der Waals surface area contributed by atoms with Gasteiger partial charge in [-0.25, -0.2) is 0 Å². The monoisotopic (exact) mass is 375 g/mol. The molecule has 28 heavy (non-hydrogen) atoms. The fourth-order valence-electron chi connectivity index (χ4n) is 4.20. The number of phenols is 1. The third kappa shape index (κ3) is 2.48. The van der Waals surface area contributed by atoms with Crippen molar-refractivity contribution in [1.29, 1.82) is 0 Å². The molecule has 2 aromatic heterocycles. The maximum Gasteiger partial charge on any atom is 0.250 e. The number of carbonyl (C=O) groups excluding carboxylic acids is 1. The van der Waals surface area contributed by atoms with Gasteiger partial charge in [0.25, 0.3) is 5.91 Å². The zero-order valence-corrected chi connectivity index (χ0v) is 15.8. The molecule has 1 fully saturated rings. The topological polar surface area (TPSA) is 94.3 Å². The summed E-state index contributed by atoms with van der Waals surface area (Å²) in [6.45, 7) is 4.56. The number of benzene rings is 2. The highest BCUT2D eigenvalue weighted by atomic mass is 16.5. The molecule has 0 radical (unpaired) electrons. The van der Waals surface area contributed by atoms with E-state index in [1.54, 1.807) is 12.1 Å². The first-order chi connectivity index (χ1) is 13.4. The van der Waals surface area contributed by atoms with Crippen molar-refractivity contribution in [3.8, 4) is 16.9 Å². The Kier molecular flexibility index (Phi) is 3.53. The number of primary amides is 1. The Labute approximate surface area is 161 Å². The van der Waals surface area contributed by atoms with Crippen LogP contribution in [0.15, 0.2) is 34.9 Å². The molecule has 1 aliphatic carbocycles. The molecule has 1 aliphatic rings. The Morgan fingerprint density at radius 1 is 1.25 bits per heavy atom. The molecule has 1 amide bonds. The summed E-state index contributed by atoms with van der Waals surface area (Å²) in [4.78, 5) is 12.4. The van der Waals surface area contributed by atoms with E-state index in [-0.39, 0.29) is 5.75 Å². The van der Waals surface area contributed by atoms with E-state index in [1.165, 1.54) is 12.8 Å². The lowest BCUT2D eigenvalue weighted by Crippen LogP contribution is -2.14. The number of phenolic OH excluding ortho intramolecular Hbond substituents is 1. The zero-order chi connectivity index (χ0) is 19.6. The molecule has 0 bridgehead atoms. The van der Waals surface area contributed by atoms with Gasteiger partial charge in [0.05, 0.1) is 22.3 Å². The van der Waals surface area contributed by atoms with Crippen molar-refractivity contribution in [3.63, 3.8) is 0 Å². The van der Waals surface area contributed by atoms with Crippen molar-refractivity contribution < 1.29 is 14.4 Å². The number of aromatic hydroxyl groups is 1. The zero-order valence-electron chi connectivity index (χ0n) is 15.8. The summed E-state index contributed by atoms with van der Waals surface area (Å²) in [5, 5.41) is 16.0. The van der Waals surface area contributed by atoms with E-state index in [4.69, 9.17) is 10.3 Å². The number of rotatable bonds is 4. The third-order valence-electron chi connectivity index (χ3n) is 5.67. The molecule has 2 heterocycles. The first kappa shape index (κ1) is 16.9. The van der Waals surface area contributed by atoms with E-state index in [0.29, 0.717) is 17.2 Å². The number of hydrogen-bond acceptors (Lipinski definition) is 4. The maximum atomic E-state index is 12.4. The average molecular weight is 375 g/mol. The minimum absolute atomic E-state index is 0.207. The van der Waals surface area contributed by atoms with Crippen molar-refractivity contribution in [2.45, 2.75) is 33.2 Å². The van der Waals surface area contributed by atoms with Crippen LogP contribution in [0.3, 0.4) is 0 Å². The number of aromatic nitrogens is 2. The van der Waals surface area contributed by atoms with Crippen LogP contribution in [0, 0.1) is 19.8 Å². The molecular formula is C22H21N3O3. The number of fused-ring (bicyclic) bond motifs is 3. The summed E-state index contributed by atoms with van der Waals surface area (Å²) in [5.41, 5.74) is 10.5. The molecule has 142 valence electrons. The third-order valence-corrected chi connectivity index (χ3v) is 5.67. The Morgan fingerprint density at radius 2 is 2.04 bits per heavy atom. The van der Waals surface area contributed by atoms with Gasteiger partial charge < -0.3 is 19.9 Å². The standard InChI is InChI=1S/C22H21N3O3/c1-11-20(12(2)28-24-11)14-7-17-16-6-5-15(26)9-19(16)25(10-13-3-4-13)21(17)18(8-14)22(23)27/h5-9,13,26H,3-4,10H2,1-2H3,(H2,23,27). The fraction of sp³-hybridized carbons (Fsp3) is 0.273. The van der Waals surface area contributed by atoms with Gasteiger partial charge in [0.15, 0.2) is 0 Å². The second-order valence-electron chi connectivity index (χ2n) is 7.74. The predicted octanol–water partition coefficient (Wildman–Crippen LogP) is 4.28. The Bertz CT molecular complexity index is 1240. The fourth-order valence-corrected chi connectivity index (χ4v) is 4.20. The molecule has 6 heteroatoms. The molecular weight excluding hydrogens is 354 g/mol. The molecule has 1 saturated carbocycles. The summed E-state index contributed by atoms with van der Waals surface area (Å²) < 4.78 is 7.47. The molecule has 0 spiro atoms. The first-order valence-electron chi connectivity index (χ1n) is 9.46. The first-order valence-corrected chi connectivity index (χ1v) is 9.46. The number of nitrogens with zero attached hydrogens (tertiary/aromatic N) is 2. The molecule has 2 aromatic carbocycles. The van der Waals surface area contributed by atoms with Crippen LogP contribution in [0.5, 0.6) is 5.75 Å². The van der Waals surface area contributed by atoms with Crippen molar-refractivity contribution in [3.05, 3.63) is 47.3 Å². The van der Waals surface area contributed by atoms with Crippen LogP contribution in [0.2, 0.25) is 0 Å². The van der Waals surface area contributed by atoms with Crippen LogP contribution >= 0.6 is 0 Å². The molecule has 0 atom stereocenters. The van der Waals surface area contributed by atoms with Gasteiger partial charge in [-0.3, -0.25) is 4.79 Å². The van der Waals surface area contributed by atoms with Gasteiger partial charge in [0.1, 0.15) is 11.5 Å². The second-order valence-corrected chi connectivity index (χ2v) is 7.74. The maximum absolute atomic E-state index is 12.4. The SMILES string of the molecule is Cc1noc(C)c1-c1cc(C(N)=O)c2c(c1)c1ccc(O)cc1n2CC1CC1. The van der Waals surface area contributed by atoms with Crippen LogP contribution in [0.1, 0.15) is 34.7 Å².